The van der Waals surface area contributed by atoms with Gasteiger partial charge < -0.3 is 15.2 Å². The molecule has 0 spiro atoms. The Morgan fingerprint density at radius 3 is 2.30 bits per heavy atom. The van der Waals surface area contributed by atoms with Crippen molar-refractivity contribution in [3.63, 3.8) is 0 Å². The van der Waals surface area contributed by atoms with Crippen molar-refractivity contribution in [2.75, 3.05) is 6.61 Å². The summed E-state index contributed by atoms with van der Waals surface area (Å²) in [6.45, 7) is 0.163. The van der Waals surface area contributed by atoms with Gasteiger partial charge in [0.25, 0.3) is 0 Å². The molecule has 2 N–H and O–H groups in total. The molecular formula is C23H19BrN2O4. The van der Waals surface area contributed by atoms with Gasteiger partial charge in [-0.1, -0.05) is 48.5 Å². The molecule has 3 aromatic rings. The number of alkyl carbamates (subject to hydrolysis) is 1. The van der Waals surface area contributed by atoms with Crippen LogP contribution in [0.15, 0.2) is 71.5 Å². The van der Waals surface area contributed by atoms with Gasteiger partial charge in [0.05, 0.1) is 12.5 Å². The number of hydrogen-bond acceptors (Lipinski definition) is 4. The first-order chi connectivity index (χ1) is 14.5. The molecule has 1 heterocycles. The second-order valence-corrected chi connectivity index (χ2v) is 7.97. The van der Waals surface area contributed by atoms with E-state index in [2.05, 4.69) is 38.4 Å². The van der Waals surface area contributed by atoms with Crippen LogP contribution in [0.4, 0.5) is 4.79 Å². The number of halogens is 1. The topological polar surface area (TPSA) is 88.5 Å². The summed E-state index contributed by atoms with van der Waals surface area (Å²) in [5, 5.41) is 11.9. The van der Waals surface area contributed by atoms with E-state index in [-0.39, 0.29) is 18.9 Å². The molecule has 2 aromatic carbocycles. The van der Waals surface area contributed by atoms with Gasteiger partial charge in [-0.2, -0.15) is 0 Å². The Hall–Kier alpha value is -3.19. The maximum atomic E-state index is 12.5. The number of carbonyl (C=O) groups is 2. The zero-order chi connectivity index (χ0) is 21.1. The average molecular weight is 467 g/mol. The van der Waals surface area contributed by atoms with E-state index in [0.717, 1.165) is 22.3 Å². The summed E-state index contributed by atoms with van der Waals surface area (Å²) in [6, 6.07) is 17.1. The molecule has 0 fully saturated rings. The fraction of sp³-hybridized carbons (Fsp3) is 0.174. The number of rotatable bonds is 6. The van der Waals surface area contributed by atoms with Gasteiger partial charge in [0.2, 0.25) is 0 Å². The molecule has 1 atom stereocenters. The standard InChI is InChI=1S/C23H19BrN2O4/c24-15-9-14(11-25-12-15)21(10-22(27)28)26-23(29)30-13-20-18-7-3-1-5-16(18)17-6-2-4-8-19(17)20/h1-9,11-12,20-21H,10,13H2,(H,26,29)(H,27,28)/t21-/m0/s1. The minimum atomic E-state index is -1.03. The lowest BCUT2D eigenvalue weighted by Gasteiger charge is -2.19. The van der Waals surface area contributed by atoms with E-state index >= 15 is 0 Å². The van der Waals surface area contributed by atoms with E-state index in [1.54, 1.807) is 12.3 Å². The summed E-state index contributed by atoms with van der Waals surface area (Å²) in [6.07, 6.45) is 2.18. The molecule has 1 aliphatic rings. The molecule has 1 amide bonds. The highest BCUT2D eigenvalue weighted by atomic mass is 79.9. The van der Waals surface area contributed by atoms with Crippen LogP contribution in [-0.2, 0) is 9.53 Å². The Bertz CT molecular complexity index is 1060. The van der Waals surface area contributed by atoms with Crippen LogP contribution >= 0.6 is 15.9 Å². The molecule has 30 heavy (non-hydrogen) atoms. The van der Waals surface area contributed by atoms with Crippen molar-refractivity contribution in [2.45, 2.75) is 18.4 Å². The third-order valence-electron chi connectivity index (χ3n) is 5.14. The summed E-state index contributed by atoms with van der Waals surface area (Å²) >= 11 is 3.32. The summed E-state index contributed by atoms with van der Waals surface area (Å²) in [5.41, 5.74) is 5.10. The van der Waals surface area contributed by atoms with Crippen LogP contribution in [-0.4, -0.2) is 28.8 Å². The lowest BCUT2D eigenvalue weighted by atomic mass is 9.98. The van der Waals surface area contributed by atoms with Crippen LogP contribution in [0.1, 0.15) is 35.1 Å². The molecule has 152 valence electrons. The molecule has 7 heteroatoms. The third-order valence-corrected chi connectivity index (χ3v) is 5.58. The number of ether oxygens (including phenoxy) is 1. The van der Waals surface area contributed by atoms with Gasteiger partial charge in [-0.3, -0.25) is 9.78 Å². The van der Waals surface area contributed by atoms with Crippen LogP contribution in [0.2, 0.25) is 0 Å². The van der Waals surface area contributed by atoms with Crippen LogP contribution < -0.4 is 5.32 Å². The number of amides is 1. The molecule has 0 bridgehead atoms. The van der Waals surface area contributed by atoms with Crippen LogP contribution in [0.5, 0.6) is 0 Å². The summed E-state index contributed by atoms with van der Waals surface area (Å²) < 4.78 is 6.23. The number of carbonyl (C=O) groups excluding carboxylic acids is 1. The van der Waals surface area contributed by atoms with Crippen molar-refractivity contribution in [1.82, 2.24) is 10.3 Å². The number of aliphatic carboxylic acids is 1. The lowest BCUT2D eigenvalue weighted by Crippen LogP contribution is -2.31. The van der Waals surface area contributed by atoms with E-state index in [4.69, 9.17) is 4.74 Å². The summed E-state index contributed by atoms with van der Waals surface area (Å²) in [7, 11) is 0. The number of carboxylic acids is 1. The van der Waals surface area contributed by atoms with Gasteiger partial charge in [0.15, 0.2) is 0 Å². The zero-order valence-electron chi connectivity index (χ0n) is 15.9. The fourth-order valence-electron chi connectivity index (χ4n) is 3.83. The Morgan fingerprint density at radius 2 is 1.70 bits per heavy atom. The van der Waals surface area contributed by atoms with Gasteiger partial charge in [-0.25, -0.2) is 4.79 Å². The first-order valence-corrected chi connectivity index (χ1v) is 10.3. The van der Waals surface area contributed by atoms with E-state index in [9.17, 15) is 14.7 Å². The highest BCUT2D eigenvalue weighted by Gasteiger charge is 2.29. The highest BCUT2D eigenvalue weighted by molar-refractivity contribution is 9.10. The Morgan fingerprint density at radius 1 is 1.07 bits per heavy atom. The molecule has 0 aliphatic heterocycles. The van der Waals surface area contributed by atoms with Crippen LogP contribution in [0.25, 0.3) is 11.1 Å². The molecule has 4 rings (SSSR count). The number of pyridine rings is 1. The number of hydrogen-bond donors (Lipinski definition) is 2. The monoisotopic (exact) mass is 466 g/mol. The molecule has 6 nitrogen and oxygen atoms in total. The molecule has 0 radical (unpaired) electrons. The third kappa shape index (κ3) is 4.21. The van der Waals surface area contributed by atoms with Crippen molar-refractivity contribution >= 4 is 28.0 Å². The number of benzene rings is 2. The van der Waals surface area contributed by atoms with Gasteiger partial charge in [0.1, 0.15) is 6.61 Å². The Kier molecular flexibility index (Phi) is 5.81. The summed E-state index contributed by atoms with van der Waals surface area (Å²) in [5.74, 6) is -1.09. The first kappa shape index (κ1) is 20.1. The van der Waals surface area contributed by atoms with Gasteiger partial charge in [0, 0.05) is 22.8 Å². The second-order valence-electron chi connectivity index (χ2n) is 7.06. The molecule has 0 saturated heterocycles. The highest BCUT2D eigenvalue weighted by Crippen LogP contribution is 2.44. The normalized spacial score (nSPS) is 13.2. The summed E-state index contributed by atoms with van der Waals surface area (Å²) in [4.78, 5) is 27.8. The quantitative estimate of drug-likeness (QED) is 0.539. The van der Waals surface area contributed by atoms with Gasteiger partial charge >= 0.3 is 12.1 Å². The van der Waals surface area contributed by atoms with E-state index in [1.807, 2.05) is 36.4 Å². The first-order valence-electron chi connectivity index (χ1n) is 9.46. The Balaban J connectivity index is 1.48. The fourth-order valence-corrected chi connectivity index (χ4v) is 4.21. The number of nitrogens with zero attached hydrogens (tertiary/aromatic N) is 1. The minimum Gasteiger partial charge on any atom is -0.481 e. The van der Waals surface area contributed by atoms with Gasteiger partial charge in [-0.05, 0) is 49.8 Å². The van der Waals surface area contributed by atoms with Crippen LogP contribution in [0, 0.1) is 0 Å². The molecular weight excluding hydrogens is 448 g/mol. The minimum absolute atomic E-state index is 0.0615. The maximum Gasteiger partial charge on any atom is 0.407 e. The number of nitrogens with one attached hydrogen (secondary N) is 1. The zero-order valence-corrected chi connectivity index (χ0v) is 17.5. The maximum absolute atomic E-state index is 12.5. The van der Waals surface area contributed by atoms with E-state index in [1.165, 1.54) is 6.20 Å². The number of aromatic nitrogens is 1. The van der Waals surface area contributed by atoms with Crippen molar-refractivity contribution in [1.29, 1.82) is 0 Å². The lowest BCUT2D eigenvalue weighted by molar-refractivity contribution is -0.137. The van der Waals surface area contributed by atoms with Crippen molar-refractivity contribution in [3.8, 4) is 11.1 Å². The largest absolute Gasteiger partial charge is 0.481 e. The SMILES string of the molecule is O=C(O)C[C@H](NC(=O)OCC1c2ccccc2-c2ccccc21)c1cncc(Br)c1. The predicted molar refractivity (Wildman–Crippen MR) is 115 cm³/mol. The van der Waals surface area contributed by atoms with Crippen LogP contribution in [0.3, 0.4) is 0 Å². The van der Waals surface area contributed by atoms with E-state index < -0.39 is 18.1 Å². The number of fused-ring (bicyclic) bond motifs is 3. The molecule has 0 unspecified atom stereocenters. The number of carboxylic acid groups (broad SMARTS) is 1. The van der Waals surface area contributed by atoms with E-state index in [0.29, 0.717) is 10.0 Å². The molecule has 1 aliphatic carbocycles. The second kappa shape index (κ2) is 8.67. The van der Waals surface area contributed by atoms with Crippen molar-refractivity contribution < 1.29 is 19.4 Å². The van der Waals surface area contributed by atoms with Crippen molar-refractivity contribution in [3.05, 3.63) is 88.2 Å². The Labute approximate surface area is 182 Å². The smallest absolute Gasteiger partial charge is 0.407 e. The molecule has 1 aromatic heterocycles. The predicted octanol–water partition coefficient (Wildman–Crippen LogP) is 4.90. The average Bonchev–Trinajstić information content (AvgIpc) is 3.05. The van der Waals surface area contributed by atoms with Crippen molar-refractivity contribution in [2.24, 2.45) is 0 Å². The molecule has 0 saturated carbocycles. The van der Waals surface area contributed by atoms with Gasteiger partial charge in [-0.15, -0.1) is 0 Å².